The summed E-state index contributed by atoms with van der Waals surface area (Å²) in [5.41, 5.74) is 2.22. The van der Waals surface area contributed by atoms with Gasteiger partial charge in [-0.3, -0.25) is 19.8 Å². The van der Waals surface area contributed by atoms with Gasteiger partial charge >= 0.3 is 6.09 Å². The fraction of sp³-hybridized carbons (Fsp3) is 0.571. The lowest BCUT2D eigenvalue weighted by atomic mass is 10.1. The van der Waals surface area contributed by atoms with E-state index in [0.717, 1.165) is 63.3 Å². The average Bonchev–Trinajstić information content (AvgIpc) is 3.69. The zero-order chi connectivity index (χ0) is 27.0. The zero-order valence-electron chi connectivity index (χ0n) is 23.0. The number of benzene rings is 1. The number of carbonyl (C=O) groups is 2. The van der Waals surface area contributed by atoms with Crippen LogP contribution in [-0.2, 0) is 20.8 Å². The molecule has 1 aliphatic heterocycles. The standard InChI is InChI=1S/C28H41N5O4/c1-21(20-34)18-30-31(6)26(33(24-10-11-24)27(35)37-28(2,3)4)17-25(29-5)23-9-7-8-22(16-23)19-32-12-14-36-15-13-32/h7-9,16-18,20-21,24H,10-15,19H2,1-6H3/b26-17+,29-25?,30-18-. The summed E-state index contributed by atoms with van der Waals surface area (Å²) in [7, 11) is 3.51. The van der Waals surface area contributed by atoms with Crippen molar-refractivity contribution < 1.29 is 19.1 Å². The van der Waals surface area contributed by atoms with Gasteiger partial charge < -0.3 is 14.3 Å². The number of hydrazone groups is 1. The van der Waals surface area contributed by atoms with Gasteiger partial charge in [0.1, 0.15) is 17.7 Å². The van der Waals surface area contributed by atoms with Gasteiger partial charge in [-0.05, 0) is 45.2 Å². The van der Waals surface area contributed by atoms with Crippen molar-refractivity contribution >= 4 is 24.3 Å². The van der Waals surface area contributed by atoms with Crippen LogP contribution in [0.4, 0.5) is 4.79 Å². The lowest BCUT2D eigenvalue weighted by Crippen LogP contribution is -2.41. The Kier molecular flexibility index (Phi) is 10.00. The number of aldehydes is 1. The second-order valence-electron chi connectivity index (χ2n) is 10.6. The molecule has 0 N–H and O–H groups in total. The van der Waals surface area contributed by atoms with Gasteiger partial charge in [-0.15, -0.1) is 0 Å². The fourth-order valence-electron chi connectivity index (χ4n) is 3.94. The molecule has 1 saturated carbocycles. The largest absolute Gasteiger partial charge is 0.443 e. The number of amides is 1. The first-order chi connectivity index (χ1) is 17.6. The predicted molar refractivity (Wildman–Crippen MR) is 146 cm³/mol. The van der Waals surface area contributed by atoms with Crippen LogP contribution < -0.4 is 0 Å². The number of hydrogen-bond acceptors (Lipinski definition) is 8. The predicted octanol–water partition coefficient (Wildman–Crippen LogP) is 3.93. The Morgan fingerprint density at radius 1 is 1.27 bits per heavy atom. The topological polar surface area (TPSA) is 87.0 Å². The normalized spacial score (nSPS) is 18.5. The summed E-state index contributed by atoms with van der Waals surface area (Å²) < 4.78 is 11.2. The van der Waals surface area contributed by atoms with Crippen LogP contribution in [0.3, 0.4) is 0 Å². The van der Waals surface area contributed by atoms with Crippen LogP contribution in [0.2, 0.25) is 0 Å². The summed E-state index contributed by atoms with van der Waals surface area (Å²) >= 11 is 0. The van der Waals surface area contributed by atoms with Crippen LogP contribution in [0, 0.1) is 5.92 Å². The highest BCUT2D eigenvalue weighted by Crippen LogP contribution is 2.33. The minimum atomic E-state index is -0.640. The van der Waals surface area contributed by atoms with Crippen LogP contribution in [0.15, 0.2) is 46.3 Å². The van der Waals surface area contributed by atoms with E-state index < -0.39 is 11.7 Å². The molecule has 1 unspecified atom stereocenters. The van der Waals surface area contributed by atoms with Gasteiger partial charge in [0.2, 0.25) is 0 Å². The Morgan fingerprint density at radius 3 is 2.57 bits per heavy atom. The third-order valence-corrected chi connectivity index (χ3v) is 6.01. The third-order valence-electron chi connectivity index (χ3n) is 6.01. The Morgan fingerprint density at radius 2 is 1.97 bits per heavy atom. The van der Waals surface area contributed by atoms with Crippen LogP contribution in [0.25, 0.3) is 0 Å². The number of hydrogen-bond donors (Lipinski definition) is 0. The molecule has 2 fully saturated rings. The van der Waals surface area contributed by atoms with Gasteiger partial charge in [0.15, 0.2) is 0 Å². The van der Waals surface area contributed by atoms with Gasteiger partial charge in [-0.25, -0.2) is 4.79 Å². The molecule has 0 spiro atoms. The maximum atomic E-state index is 13.3. The molecule has 9 nitrogen and oxygen atoms in total. The molecule has 37 heavy (non-hydrogen) atoms. The molecule has 0 radical (unpaired) electrons. The van der Waals surface area contributed by atoms with Crippen molar-refractivity contribution in [3.8, 4) is 0 Å². The molecule has 2 aliphatic rings. The highest BCUT2D eigenvalue weighted by molar-refractivity contribution is 6.09. The minimum Gasteiger partial charge on any atom is -0.443 e. The summed E-state index contributed by atoms with van der Waals surface area (Å²) in [6.07, 6.45) is 5.60. The summed E-state index contributed by atoms with van der Waals surface area (Å²) in [6, 6.07) is 8.33. The van der Waals surface area contributed by atoms with E-state index in [4.69, 9.17) is 9.47 Å². The van der Waals surface area contributed by atoms with Crippen molar-refractivity contribution in [1.82, 2.24) is 14.8 Å². The first kappa shape index (κ1) is 28.5. The molecule has 0 aromatic heterocycles. The molecular formula is C28H41N5O4. The van der Waals surface area contributed by atoms with Crippen molar-refractivity contribution in [3.63, 3.8) is 0 Å². The number of ether oxygens (including phenoxy) is 2. The molecule has 3 rings (SSSR count). The van der Waals surface area contributed by atoms with E-state index in [1.807, 2.05) is 39.0 Å². The van der Waals surface area contributed by atoms with E-state index in [0.29, 0.717) is 5.82 Å². The molecule has 1 saturated heterocycles. The second-order valence-corrected chi connectivity index (χ2v) is 10.6. The van der Waals surface area contributed by atoms with Crippen molar-refractivity contribution in [2.75, 3.05) is 40.4 Å². The first-order valence-electron chi connectivity index (χ1n) is 12.9. The summed E-state index contributed by atoms with van der Waals surface area (Å²) in [4.78, 5) is 33.1. The molecule has 1 atom stereocenters. The maximum Gasteiger partial charge on any atom is 0.416 e. The summed E-state index contributed by atoms with van der Waals surface area (Å²) in [5.74, 6) is 0.195. The number of nitrogens with zero attached hydrogens (tertiary/aromatic N) is 5. The Hall–Kier alpha value is -3.04. The van der Waals surface area contributed by atoms with E-state index in [2.05, 4.69) is 27.1 Å². The van der Waals surface area contributed by atoms with E-state index in [9.17, 15) is 9.59 Å². The van der Waals surface area contributed by atoms with Gasteiger partial charge in [0, 0.05) is 63.5 Å². The smallest absolute Gasteiger partial charge is 0.416 e. The third kappa shape index (κ3) is 8.79. The number of morpholine rings is 1. The SMILES string of the molecule is CN=C(/C=C(\N(C)/N=C\C(C)C=O)N(C(=O)OC(C)(C)C)C1CC1)c1cccc(CN2CCOCC2)c1. The number of allylic oxidation sites excluding steroid dienone is 1. The van der Waals surface area contributed by atoms with E-state index in [-0.39, 0.29) is 12.0 Å². The van der Waals surface area contributed by atoms with E-state index in [1.54, 1.807) is 37.1 Å². The molecule has 1 heterocycles. The summed E-state index contributed by atoms with van der Waals surface area (Å²) in [6.45, 7) is 11.5. The van der Waals surface area contributed by atoms with E-state index in [1.165, 1.54) is 5.56 Å². The first-order valence-corrected chi connectivity index (χ1v) is 12.9. The Labute approximate surface area is 220 Å². The van der Waals surface area contributed by atoms with Crippen LogP contribution in [-0.4, -0.2) is 91.2 Å². The minimum absolute atomic E-state index is 0.0213. The number of aliphatic imine (C=N–C) groups is 1. The number of rotatable bonds is 10. The summed E-state index contributed by atoms with van der Waals surface area (Å²) in [5, 5.41) is 6.08. The lowest BCUT2D eigenvalue weighted by Gasteiger charge is -2.32. The van der Waals surface area contributed by atoms with Crippen molar-refractivity contribution in [2.24, 2.45) is 16.0 Å². The zero-order valence-corrected chi connectivity index (χ0v) is 23.0. The molecule has 202 valence electrons. The Bertz CT molecular complexity index is 1020. The second kappa shape index (κ2) is 13.0. The number of carbonyl (C=O) groups excluding carboxylic acids is 2. The van der Waals surface area contributed by atoms with Crippen LogP contribution in [0.5, 0.6) is 0 Å². The molecule has 1 aromatic rings. The monoisotopic (exact) mass is 511 g/mol. The van der Waals surface area contributed by atoms with Gasteiger partial charge in [-0.1, -0.05) is 25.1 Å². The maximum absolute atomic E-state index is 13.3. The molecular weight excluding hydrogens is 470 g/mol. The molecule has 0 bridgehead atoms. The van der Waals surface area contributed by atoms with Crippen molar-refractivity contribution in [2.45, 2.75) is 58.7 Å². The lowest BCUT2D eigenvalue weighted by molar-refractivity contribution is -0.109. The Balaban J connectivity index is 1.96. The molecule has 1 aliphatic carbocycles. The van der Waals surface area contributed by atoms with Crippen molar-refractivity contribution in [3.05, 3.63) is 47.3 Å². The fourth-order valence-corrected chi connectivity index (χ4v) is 3.94. The van der Waals surface area contributed by atoms with Crippen LogP contribution in [0.1, 0.15) is 51.7 Å². The van der Waals surface area contributed by atoms with Crippen molar-refractivity contribution in [1.29, 1.82) is 0 Å². The van der Waals surface area contributed by atoms with Gasteiger partial charge in [0.25, 0.3) is 0 Å². The average molecular weight is 512 g/mol. The van der Waals surface area contributed by atoms with E-state index >= 15 is 0 Å². The van der Waals surface area contributed by atoms with Gasteiger partial charge in [-0.2, -0.15) is 5.10 Å². The van der Waals surface area contributed by atoms with Crippen LogP contribution >= 0.6 is 0 Å². The van der Waals surface area contributed by atoms with Gasteiger partial charge in [0.05, 0.1) is 18.9 Å². The highest BCUT2D eigenvalue weighted by atomic mass is 16.6. The quantitative estimate of drug-likeness (QED) is 0.269. The molecule has 1 aromatic carbocycles. The highest BCUT2D eigenvalue weighted by Gasteiger charge is 2.39. The molecule has 9 heteroatoms. The molecule has 1 amide bonds.